The fraction of sp³-hybridized carbons (Fsp3) is 0.500. The van der Waals surface area contributed by atoms with Crippen LogP contribution in [0.15, 0.2) is 18.2 Å². The first kappa shape index (κ1) is 41.4. The number of hydroxylamine groups is 2. The normalized spacial score (nSPS) is 11.6. The van der Waals surface area contributed by atoms with Crippen LogP contribution >= 0.6 is 0 Å². The summed E-state index contributed by atoms with van der Waals surface area (Å²) in [5.41, 5.74) is 4.53. The topological polar surface area (TPSA) is 264 Å². The Bertz CT molecular complexity index is 1390. The van der Waals surface area contributed by atoms with Crippen LogP contribution in [0.2, 0.25) is 0 Å². The van der Waals surface area contributed by atoms with E-state index in [0.29, 0.717) is 11.5 Å². The molecule has 0 bridgehead atoms. The van der Waals surface area contributed by atoms with Crippen molar-refractivity contribution in [1.29, 1.82) is 0 Å². The summed E-state index contributed by atoms with van der Waals surface area (Å²) in [5.74, 6) is -6.82. The number of primary amides is 1. The summed E-state index contributed by atoms with van der Waals surface area (Å²) in [4.78, 5) is 113. The minimum atomic E-state index is -1.29. The van der Waals surface area contributed by atoms with E-state index in [-0.39, 0.29) is 63.6 Å². The molecule has 0 saturated heterocycles. The lowest BCUT2D eigenvalue weighted by Crippen LogP contribution is -2.47. The Balaban J connectivity index is 2.72. The molecule has 19 heteroatoms. The maximum atomic E-state index is 14.8. The number of nitrogens with two attached hydrogens (primary N) is 1. The standard InChI is InChI=1S/C30H42FN7O11/c1-4-8-25(42)38(17-39)49-26(43)11-6-5-10-23(40)34-16-24(41)36-22(9-7-14-33-30(32)48)27(44)35-19-12-13-20(21(31)15-19)28(45)37(3)18(2)29(46)47/h12-13,15,17-18,22H,4-11,14,16H2,1-3H3,(H,34,40)(H,35,44)(H,36,41)(H,46,47)(H3,32,33,48)/t18-,22?/m0/s1. The van der Waals surface area contributed by atoms with Crippen LogP contribution in [-0.4, -0.2) is 101 Å². The van der Waals surface area contributed by atoms with Crippen LogP contribution in [0, 0.1) is 5.82 Å². The zero-order valence-corrected chi connectivity index (χ0v) is 27.4. The van der Waals surface area contributed by atoms with Crippen LogP contribution < -0.4 is 27.0 Å². The van der Waals surface area contributed by atoms with Gasteiger partial charge >= 0.3 is 18.0 Å². The summed E-state index contributed by atoms with van der Waals surface area (Å²) in [5, 5.41) is 19.0. The molecule has 18 nitrogen and oxygen atoms in total. The lowest BCUT2D eigenvalue weighted by Gasteiger charge is -2.22. The van der Waals surface area contributed by atoms with E-state index >= 15 is 0 Å². The summed E-state index contributed by atoms with van der Waals surface area (Å²) in [6, 6.07) is -0.121. The first-order chi connectivity index (χ1) is 23.1. The van der Waals surface area contributed by atoms with Crippen molar-refractivity contribution in [3.63, 3.8) is 0 Å². The smallest absolute Gasteiger partial charge is 0.333 e. The molecule has 0 spiro atoms. The predicted molar refractivity (Wildman–Crippen MR) is 168 cm³/mol. The SMILES string of the molecule is CCCC(=O)N(C=O)OC(=O)CCCCC(=O)NCC(=O)NC(CCCNC(N)=O)C(=O)Nc1ccc(C(=O)N(C)[C@@H](C)C(=O)O)c(F)c1. The molecule has 0 heterocycles. The Morgan fingerprint density at radius 1 is 1.00 bits per heavy atom. The Hall–Kier alpha value is -5.62. The largest absolute Gasteiger partial charge is 0.480 e. The monoisotopic (exact) mass is 695 g/mol. The zero-order valence-electron chi connectivity index (χ0n) is 27.4. The van der Waals surface area contributed by atoms with Crippen molar-refractivity contribution in [3.05, 3.63) is 29.6 Å². The van der Waals surface area contributed by atoms with Crippen LogP contribution in [0.3, 0.4) is 0 Å². The average Bonchev–Trinajstić information content (AvgIpc) is 3.04. The second-order valence-electron chi connectivity index (χ2n) is 10.7. The quantitative estimate of drug-likeness (QED) is 0.0608. The molecular weight excluding hydrogens is 653 g/mol. The minimum absolute atomic E-state index is 0.00953. The van der Waals surface area contributed by atoms with E-state index in [9.17, 15) is 47.5 Å². The molecule has 0 radical (unpaired) electrons. The highest BCUT2D eigenvalue weighted by atomic mass is 19.1. The van der Waals surface area contributed by atoms with E-state index in [1.807, 2.05) is 0 Å². The van der Waals surface area contributed by atoms with E-state index in [4.69, 9.17) is 15.7 Å². The van der Waals surface area contributed by atoms with Crippen LogP contribution in [0.1, 0.15) is 75.6 Å². The number of unbranched alkanes of at least 4 members (excludes halogenated alkanes) is 1. The molecule has 1 aromatic rings. The van der Waals surface area contributed by atoms with Gasteiger partial charge in [0.1, 0.15) is 17.9 Å². The van der Waals surface area contributed by atoms with Crippen LogP contribution in [0.5, 0.6) is 0 Å². The number of carbonyl (C=O) groups is 9. The number of rotatable bonds is 20. The third-order valence-electron chi connectivity index (χ3n) is 6.83. The maximum absolute atomic E-state index is 14.8. The second kappa shape index (κ2) is 21.3. The van der Waals surface area contributed by atoms with Gasteiger partial charge in [-0.15, -0.1) is 5.06 Å². The minimum Gasteiger partial charge on any atom is -0.480 e. The van der Waals surface area contributed by atoms with Gasteiger partial charge in [0.25, 0.3) is 18.2 Å². The van der Waals surface area contributed by atoms with Gasteiger partial charge in [-0.05, 0) is 57.2 Å². The Labute approximate surface area is 281 Å². The number of nitrogens with zero attached hydrogens (tertiary/aromatic N) is 2. The fourth-order valence-corrected chi connectivity index (χ4v) is 3.99. The van der Waals surface area contributed by atoms with E-state index in [2.05, 4.69) is 21.3 Å². The lowest BCUT2D eigenvalue weighted by molar-refractivity contribution is -0.196. The predicted octanol–water partition coefficient (Wildman–Crippen LogP) is 0.163. The molecule has 0 aliphatic carbocycles. The number of hydrogen-bond donors (Lipinski definition) is 6. The molecule has 1 unspecified atom stereocenters. The van der Waals surface area contributed by atoms with Crippen LogP contribution in [0.4, 0.5) is 14.9 Å². The first-order valence-electron chi connectivity index (χ1n) is 15.3. The van der Waals surface area contributed by atoms with Gasteiger partial charge in [-0.1, -0.05) is 6.92 Å². The summed E-state index contributed by atoms with van der Waals surface area (Å²) in [6.45, 7) is 2.51. The first-order valence-corrected chi connectivity index (χ1v) is 15.3. The fourth-order valence-electron chi connectivity index (χ4n) is 3.99. The van der Waals surface area contributed by atoms with E-state index in [1.165, 1.54) is 20.0 Å². The molecule has 8 amide bonds. The van der Waals surface area contributed by atoms with Gasteiger partial charge in [0.15, 0.2) is 0 Å². The number of carbonyl (C=O) groups excluding carboxylic acids is 8. The molecule has 49 heavy (non-hydrogen) atoms. The molecule has 1 rings (SSSR count). The summed E-state index contributed by atoms with van der Waals surface area (Å²) < 4.78 is 14.8. The molecule has 270 valence electrons. The van der Waals surface area contributed by atoms with Crippen molar-refractivity contribution in [2.45, 2.75) is 77.3 Å². The number of amides is 8. The van der Waals surface area contributed by atoms with E-state index in [1.54, 1.807) is 6.92 Å². The second-order valence-corrected chi connectivity index (χ2v) is 10.7. The molecule has 0 aliphatic rings. The van der Waals surface area contributed by atoms with Crippen molar-refractivity contribution < 1.29 is 57.5 Å². The van der Waals surface area contributed by atoms with Crippen molar-refractivity contribution in [3.8, 4) is 0 Å². The van der Waals surface area contributed by atoms with Crippen molar-refractivity contribution in [1.82, 2.24) is 25.9 Å². The number of anilines is 1. The van der Waals surface area contributed by atoms with Crippen LogP contribution in [0.25, 0.3) is 0 Å². The molecule has 2 atom stereocenters. The number of imide groups is 1. The Morgan fingerprint density at radius 3 is 2.27 bits per heavy atom. The molecule has 0 aliphatic heterocycles. The van der Waals surface area contributed by atoms with Gasteiger partial charge in [-0.25, -0.2) is 18.8 Å². The molecule has 0 saturated carbocycles. The van der Waals surface area contributed by atoms with Gasteiger partial charge in [0.05, 0.1) is 12.1 Å². The van der Waals surface area contributed by atoms with Crippen molar-refractivity contribution >= 4 is 59.6 Å². The summed E-state index contributed by atoms with van der Waals surface area (Å²) in [7, 11) is 1.20. The van der Waals surface area contributed by atoms with Gasteiger partial charge in [-0.2, -0.15) is 0 Å². The number of carboxylic acids is 1. The molecule has 0 fully saturated rings. The number of aliphatic carboxylic acids is 1. The summed E-state index contributed by atoms with van der Waals surface area (Å²) >= 11 is 0. The highest BCUT2D eigenvalue weighted by Gasteiger charge is 2.26. The number of hydrogen-bond acceptors (Lipinski definition) is 10. The third kappa shape index (κ3) is 15.2. The van der Waals surface area contributed by atoms with Gasteiger partial charge in [0.2, 0.25) is 17.7 Å². The molecule has 1 aromatic carbocycles. The maximum Gasteiger partial charge on any atom is 0.333 e. The van der Waals surface area contributed by atoms with Crippen molar-refractivity contribution in [2.24, 2.45) is 5.73 Å². The number of benzene rings is 1. The number of halogens is 1. The zero-order chi connectivity index (χ0) is 37.1. The van der Waals surface area contributed by atoms with Crippen molar-refractivity contribution in [2.75, 3.05) is 25.5 Å². The molecule has 7 N–H and O–H groups in total. The Kier molecular flexibility index (Phi) is 18.0. The summed E-state index contributed by atoms with van der Waals surface area (Å²) in [6.07, 6.45) is 0.872. The van der Waals surface area contributed by atoms with E-state index < -0.39 is 77.5 Å². The van der Waals surface area contributed by atoms with Crippen LogP contribution in [-0.2, 0) is 38.4 Å². The average molecular weight is 696 g/mol. The molecular formula is C30H42FN7O11. The lowest BCUT2D eigenvalue weighted by atomic mass is 10.1. The number of nitrogens with one attached hydrogen (secondary N) is 4. The Morgan fingerprint density at radius 2 is 1.67 bits per heavy atom. The van der Waals surface area contributed by atoms with E-state index in [0.717, 1.165) is 17.0 Å². The van der Waals surface area contributed by atoms with Gasteiger partial charge in [0, 0.05) is 38.5 Å². The van der Waals surface area contributed by atoms with Gasteiger partial charge in [-0.3, -0.25) is 28.8 Å². The number of likely N-dealkylation sites (N-methyl/N-ethyl adjacent to an activating group) is 1. The highest BCUT2D eigenvalue weighted by molar-refractivity contribution is 5.99. The molecule has 0 aromatic heterocycles. The number of urea groups is 1. The number of carboxylic acid groups (broad SMARTS) is 1. The van der Waals surface area contributed by atoms with Gasteiger partial charge < -0.3 is 41.8 Å². The highest BCUT2D eigenvalue weighted by Crippen LogP contribution is 2.18. The third-order valence-corrected chi connectivity index (χ3v) is 6.83.